The maximum atomic E-state index is 6.11. The summed E-state index contributed by atoms with van der Waals surface area (Å²) >= 11 is 7.62. The highest BCUT2D eigenvalue weighted by Gasteiger charge is 2.34. The zero-order valence-corrected chi connectivity index (χ0v) is 13.1. The number of halogens is 1. The predicted octanol–water partition coefficient (Wildman–Crippen LogP) is 2.59. The fourth-order valence-electron chi connectivity index (χ4n) is 2.38. The van der Waals surface area contributed by atoms with E-state index < -0.39 is 0 Å². The average Bonchev–Trinajstić information content (AvgIpc) is 3.08. The normalized spacial score (nSPS) is 17.6. The molecular formula is C13H17ClN4OS. The maximum absolute atomic E-state index is 6.11. The first-order valence-electron chi connectivity index (χ1n) is 6.62. The van der Waals surface area contributed by atoms with Crippen molar-refractivity contribution in [2.45, 2.75) is 19.4 Å². The summed E-state index contributed by atoms with van der Waals surface area (Å²) in [4.78, 5) is 7.75. The van der Waals surface area contributed by atoms with Crippen LogP contribution < -0.4 is 5.32 Å². The minimum absolute atomic E-state index is 0.242. The molecule has 0 bridgehead atoms. The van der Waals surface area contributed by atoms with Crippen LogP contribution in [0.5, 0.6) is 0 Å². The van der Waals surface area contributed by atoms with Gasteiger partial charge in [0.15, 0.2) is 5.82 Å². The monoisotopic (exact) mass is 312 g/mol. The summed E-state index contributed by atoms with van der Waals surface area (Å²) < 4.78 is 5.39. The zero-order chi connectivity index (χ0) is 14.2. The molecule has 0 atom stereocenters. The summed E-state index contributed by atoms with van der Waals surface area (Å²) in [5.74, 6) is 1.21. The Hall–Kier alpha value is -0.950. The number of rotatable bonds is 3. The Morgan fingerprint density at radius 3 is 2.80 bits per heavy atom. The lowest BCUT2D eigenvalue weighted by molar-refractivity contribution is 0.0925. The predicted molar refractivity (Wildman–Crippen MR) is 80.1 cm³/mol. The van der Waals surface area contributed by atoms with E-state index in [2.05, 4.69) is 34.2 Å². The number of hydrogen-bond acceptors (Lipinski definition) is 6. The quantitative estimate of drug-likeness (QED) is 0.944. The van der Waals surface area contributed by atoms with Crippen LogP contribution in [0.4, 0.5) is 0 Å². The second-order valence-electron chi connectivity index (χ2n) is 5.32. The van der Waals surface area contributed by atoms with Crippen molar-refractivity contribution in [2.75, 3.05) is 26.2 Å². The van der Waals surface area contributed by atoms with Crippen molar-refractivity contribution in [2.24, 2.45) is 0 Å². The maximum Gasteiger partial charge on any atom is 0.269 e. The number of nitrogens with one attached hydrogen (secondary N) is 1. The highest BCUT2D eigenvalue weighted by molar-refractivity contribution is 7.14. The second kappa shape index (κ2) is 5.44. The van der Waals surface area contributed by atoms with E-state index in [1.165, 1.54) is 11.3 Å². The lowest BCUT2D eigenvalue weighted by atomic mass is 10.0. The van der Waals surface area contributed by atoms with Gasteiger partial charge in [0, 0.05) is 26.2 Å². The van der Waals surface area contributed by atoms with Gasteiger partial charge in [0.2, 0.25) is 0 Å². The first-order chi connectivity index (χ1) is 9.59. The van der Waals surface area contributed by atoms with E-state index in [-0.39, 0.29) is 5.54 Å². The van der Waals surface area contributed by atoms with Gasteiger partial charge < -0.3 is 9.84 Å². The number of hydrogen-bond donors (Lipinski definition) is 1. The van der Waals surface area contributed by atoms with Crippen LogP contribution in [-0.4, -0.2) is 41.2 Å². The summed E-state index contributed by atoms with van der Waals surface area (Å²) in [7, 11) is 0. The highest BCUT2D eigenvalue weighted by Crippen LogP contribution is 2.34. The van der Waals surface area contributed by atoms with Gasteiger partial charge in [-0.1, -0.05) is 16.8 Å². The molecule has 2 aromatic heterocycles. The smallest absolute Gasteiger partial charge is 0.269 e. The molecule has 0 aromatic carbocycles. The Balaban J connectivity index is 1.87. The Labute approximate surface area is 126 Å². The SMILES string of the molecule is CC(C)(c1noc(-c2sccc2Cl)n1)N1CCNCC1. The van der Waals surface area contributed by atoms with E-state index in [0.29, 0.717) is 16.7 Å². The number of thiophene rings is 1. The van der Waals surface area contributed by atoms with E-state index in [4.69, 9.17) is 16.1 Å². The highest BCUT2D eigenvalue weighted by atomic mass is 35.5. The molecule has 108 valence electrons. The zero-order valence-electron chi connectivity index (χ0n) is 11.5. The molecule has 0 radical (unpaired) electrons. The summed E-state index contributed by atoms with van der Waals surface area (Å²) in [6.45, 7) is 8.20. The molecule has 1 aliphatic rings. The lowest BCUT2D eigenvalue weighted by Crippen LogP contribution is -2.52. The summed E-state index contributed by atoms with van der Waals surface area (Å²) in [6, 6.07) is 1.84. The molecule has 0 unspecified atom stereocenters. The van der Waals surface area contributed by atoms with Crippen molar-refractivity contribution in [1.29, 1.82) is 0 Å². The van der Waals surface area contributed by atoms with Crippen LogP contribution in [0.15, 0.2) is 16.0 Å². The van der Waals surface area contributed by atoms with E-state index >= 15 is 0 Å². The third-order valence-electron chi connectivity index (χ3n) is 3.69. The van der Waals surface area contributed by atoms with Gasteiger partial charge in [-0.15, -0.1) is 11.3 Å². The van der Waals surface area contributed by atoms with Gasteiger partial charge in [-0.3, -0.25) is 4.90 Å². The minimum Gasteiger partial charge on any atom is -0.333 e. The Kier molecular flexibility index (Phi) is 3.81. The molecule has 1 fully saturated rings. The Morgan fingerprint density at radius 1 is 1.40 bits per heavy atom. The third kappa shape index (κ3) is 2.48. The van der Waals surface area contributed by atoms with Crippen LogP contribution in [0.1, 0.15) is 19.7 Å². The minimum atomic E-state index is -0.242. The summed E-state index contributed by atoms with van der Waals surface area (Å²) in [5.41, 5.74) is -0.242. The topological polar surface area (TPSA) is 54.2 Å². The van der Waals surface area contributed by atoms with Crippen LogP contribution >= 0.6 is 22.9 Å². The second-order valence-corrected chi connectivity index (χ2v) is 6.64. The summed E-state index contributed by atoms with van der Waals surface area (Å²) in [5, 5.41) is 10.1. The van der Waals surface area contributed by atoms with Crippen molar-refractivity contribution >= 4 is 22.9 Å². The number of piperazine rings is 1. The average molecular weight is 313 g/mol. The molecule has 0 spiro atoms. The van der Waals surface area contributed by atoms with Crippen molar-refractivity contribution in [3.63, 3.8) is 0 Å². The molecule has 3 rings (SSSR count). The standard InChI is InChI=1S/C13H17ClN4OS/c1-13(2,18-6-4-15-5-7-18)12-16-11(19-17-12)10-9(14)3-8-20-10/h3,8,15H,4-7H2,1-2H3. The van der Waals surface area contributed by atoms with Crippen LogP contribution in [-0.2, 0) is 5.54 Å². The number of nitrogens with zero attached hydrogens (tertiary/aromatic N) is 3. The van der Waals surface area contributed by atoms with Gasteiger partial charge in [-0.25, -0.2) is 0 Å². The van der Waals surface area contributed by atoms with E-state index in [1.807, 2.05) is 11.4 Å². The van der Waals surface area contributed by atoms with Crippen LogP contribution in [0.3, 0.4) is 0 Å². The van der Waals surface area contributed by atoms with Crippen LogP contribution in [0.2, 0.25) is 5.02 Å². The Morgan fingerprint density at radius 2 is 2.15 bits per heavy atom. The number of aromatic nitrogens is 2. The fraction of sp³-hybridized carbons (Fsp3) is 0.538. The largest absolute Gasteiger partial charge is 0.333 e. The molecule has 7 heteroatoms. The van der Waals surface area contributed by atoms with E-state index in [9.17, 15) is 0 Å². The van der Waals surface area contributed by atoms with Gasteiger partial charge in [0.25, 0.3) is 5.89 Å². The van der Waals surface area contributed by atoms with Crippen LogP contribution in [0.25, 0.3) is 10.8 Å². The van der Waals surface area contributed by atoms with Gasteiger partial charge >= 0.3 is 0 Å². The van der Waals surface area contributed by atoms with Gasteiger partial charge in [0.05, 0.1) is 10.6 Å². The van der Waals surface area contributed by atoms with Crippen LogP contribution in [0, 0.1) is 0 Å². The first kappa shape index (κ1) is 14.0. The Bertz CT molecular complexity index is 589. The van der Waals surface area contributed by atoms with E-state index in [0.717, 1.165) is 31.1 Å². The summed E-state index contributed by atoms with van der Waals surface area (Å²) in [6.07, 6.45) is 0. The molecule has 3 heterocycles. The molecule has 1 N–H and O–H groups in total. The van der Waals surface area contributed by atoms with Crippen molar-refractivity contribution in [3.05, 3.63) is 22.3 Å². The van der Waals surface area contributed by atoms with E-state index in [1.54, 1.807) is 0 Å². The lowest BCUT2D eigenvalue weighted by Gasteiger charge is -2.38. The molecule has 1 aliphatic heterocycles. The molecule has 0 saturated carbocycles. The van der Waals surface area contributed by atoms with Gasteiger partial charge in [0.1, 0.15) is 4.88 Å². The third-order valence-corrected chi connectivity index (χ3v) is 5.02. The first-order valence-corrected chi connectivity index (χ1v) is 7.88. The molecule has 1 saturated heterocycles. The van der Waals surface area contributed by atoms with Gasteiger partial charge in [-0.05, 0) is 25.3 Å². The molecule has 2 aromatic rings. The van der Waals surface area contributed by atoms with Crippen molar-refractivity contribution in [3.8, 4) is 10.8 Å². The molecule has 0 aliphatic carbocycles. The molecule has 5 nitrogen and oxygen atoms in total. The van der Waals surface area contributed by atoms with Crippen molar-refractivity contribution < 1.29 is 4.52 Å². The van der Waals surface area contributed by atoms with Gasteiger partial charge in [-0.2, -0.15) is 4.98 Å². The van der Waals surface area contributed by atoms with Crippen molar-refractivity contribution in [1.82, 2.24) is 20.4 Å². The fourth-order valence-corrected chi connectivity index (χ4v) is 3.43. The molecule has 0 amide bonds. The molecular weight excluding hydrogens is 296 g/mol. The molecule has 20 heavy (non-hydrogen) atoms.